The van der Waals surface area contributed by atoms with Gasteiger partial charge in [0.2, 0.25) is 11.7 Å². The van der Waals surface area contributed by atoms with E-state index in [1.54, 1.807) is 7.11 Å². The number of ether oxygens (including phenoxy) is 1. The summed E-state index contributed by atoms with van der Waals surface area (Å²) in [5.74, 6) is 2.66. The minimum Gasteiger partial charge on any atom is -0.497 e. The van der Waals surface area contributed by atoms with E-state index in [1.807, 2.05) is 29.2 Å². The standard InChI is InChI=1S/C23H32N4O3/c1-15-6-4-8-20(16(15)2)24-22(28)18-7-5-13-27(14-18)23-25-21(26-30-23)17-9-11-19(29-3)12-10-17/h9-12,15-16,18,20H,4-8,13-14H2,1-3H3,(H,24,28)/t15-,16+,18-,20+/m0/s1. The van der Waals surface area contributed by atoms with Gasteiger partial charge in [0.1, 0.15) is 5.75 Å². The molecule has 2 aromatic rings. The third-order valence-electron chi connectivity index (χ3n) is 6.86. The number of nitrogens with one attached hydrogen (secondary N) is 1. The van der Waals surface area contributed by atoms with Gasteiger partial charge in [-0.3, -0.25) is 4.79 Å². The van der Waals surface area contributed by atoms with Crippen LogP contribution in [0.15, 0.2) is 28.8 Å². The molecule has 2 fully saturated rings. The second-order valence-corrected chi connectivity index (χ2v) is 8.80. The van der Waals surface area contributed by atoms with Crippen LogP contribution in [0.3, 0.4) is 0 Å². The van der Waals surface area contributed by atoms with Gasteiger partial charge in [0, 0.05) is 24.7 Å². The number of piperidine rings is 1. The van der Waals surface area contributed by atoms with Crippen molar-refractivity contribution in [3.8, 4) is 17.1 Å². The fourth-order valence-corrected chi connectivity index (χ4v) is 4.65. The molecule has 7 nitrogen and oxygen atoms in total. The lowest BCUT2D eigenvalue weighted by Crippen LogP contribution is -2.49. The van der Waals surface area contributed by atoms with Crippen molar-refractivity contribution < 1.29 is 14.1 Å². The third kappa shape index (κ3) is 4.45. The first-order valence-electron chi connectivity index (χ1n) is 11.1. The Morgan fingerprint density at radius 3 is 2.73 bits per heavy atom. The summed E-state index contributed by atoms with van der Waals surface area (Å²) >= 11 is 0. The van der Waals surface area contributed by atoms with E-state index in [0.717, 1.165) is 37.1 Å². The summed E-state index contributed by atoms with van der Waals surface area (Å²) in [4.78, 5) is 19.6. The number of hydrogen-bond acceptors (Lipinski definition) is 6. The lowest BCUT2D eigenvalue weighted by molar-refractivity contribution is -0.126. The average Bonchev–Trinajstić information content (AvgIpc) is 3.27. The van der Waals surface area contributed by atoms with E-state index in [2.05, 4.69) is 29.3 Å². The third-order valence-corrected chi connectivity index (χ3v) is 6.86. The molecule has 1 saturated heterocycles. The Kier molecular flexibility index (Phi) is 6.25. The van der Waals surface area contributed by atoms with Crippen molar-refractivity contribution in [3.63, 3.8) is 0 Å². The number of carbonyl (C=O) groups excluding carboxylic acids is 1. The molecule has 1 saturated carbocycles. The van der Waals surface area contributed by atoms with Crippen molar-refractivity contribution >= 4 is 11.9 Å². The van der Waals surface area contributed by atoms with E-state index >= 15 is 0 Å². The molecule has 7 heteroatoms. The average molecular weight is 413 g/mol. The molecule has 30 heavy (non-hydrogen) atoms. The predicted molar refractivity (Wildman–Crippen MR) is 115 cm³/mol. The van der Waals surface area contributed by atoms with Crippen LogP contribution in [0.25, 0.3) is 11.4 Å². The SMILES string of the molecule is COc1ccc(-c2noc(N3CCC[C@H](C(=O)N[C@@H]4CCC[C@H](C)[C@H]4C)C3)n2)cc1. The van der Waals surface area contributed by atoms with Crippen LogP contribution in [0.1, 0.15) is 46.0 Å². The number of aromatic nitrogens is 2. The van der Waals surface area contributed by atoms with E-state index in [-0.39, 0.29) is 11.8 Å². The maximum atomic E-state index is 13.0. The zero-order valence-electron chi connectivity index (χ0n) is 18.1. The molecule has 1 aliphatic heterocycles. The molecule has 1 aliphatic carbocycles. The van der Waals surface area contributed by atoms with Crippen LogP contribution in [-0.2, 0) is 4.79 Å². The van der Waals surface area contributed by atoms with Crippen LogP contribution < -0.4 is 15.0 Å². The quantitative estimate of drug-likeness (QED) is 0.802. The van der Waals surface area contributed by atoms with Crippen LogP contribution in [0.4, 0.5) is 6.01 Å². The molecule has 0 bridgehead atoms. The van der Waals surface area contributed by atoms with Crippen molar-refractivity contribution in [1.82, 2.24) is 15.5 Å². The molecular formula is C23H32N4O3. The normalized spacial score (nSPS) is 27.0. The fourth-order valence-electron chi connectivity index (χ4n) is 4.65. The molecule has 1 aromatic heterocycles. The maximum Gasteiger partial charge on any atom is 0.324 e. The van der Waals surface area contributed by atoms with Gasteiger partial charge in [-0.25, -0.2) is 0 Å². The molecule has 1 N–H and O–H groups in total. The summed E-state index contributed by atoms with van der Waals surface area (Å²) in [6.45, 7) is 6.00. The van der Waals surface area contributed by atoms with Gasteiger partial charge in [0.15, 0.2) is 0 Å². The topological polar surface area (TPSA) is 80.5 Å². The van der Waals surface area contributed by atoms with Gasteiger partial charge in [-0.05, 0) is 55.4 Å². The Balaban J connectivity index is 1.39. The molecule has 0 radical (unpaired) electrons. The smallest absolute Gasteiger partial charge is 0.324 e. The first kappa shape index (κ1) is 20.7. The summed E-state index contributed by atoms with van der Waals surface area (Å²) in [7, 11) is 1.64. The number of nitrogens with zero attached hydrogens (tertiary/aromatic N) is 3. The Morgan fingerprint density at radius 1 is 1.17 bits per heavy atom. The zero-order chi connectivity index (χ0) is 21.1. The molecule has 1 aromatic carbocycles. The largest absolute Gasteiger partial charge is 0.497 e. The molecule has 162 valence electrons. The highest BCUT2D eigenvalue weighted by Crippen LogP contribution is 2.30. The molecule has 1 amide bonds. The van der Waals surface area contributed by atoms with Crippen LogP contribution in [0.5, 0.6) is 5.75 Å². The zero-order valence-corrected chi connectivity index (χ0v) is 18.1. The lowest BCUT2D eigenvalue weighted by atomic mass is 9.78. The van der Waals surface area contributed by atoms with Crippen LogP contribution in [-0.4, -0.2) is 42.3 Å². The molecule has 4 atom stereocenters. The second kappa shape index (κ2) is 9.06. The van der Waals surface area contributed by atoms with E-state index < -0.39 is 0 Å². The summed E-state index contributed by atoms with van der Waals surface area (Å²) in [6.07, 6.45) is 5.39. The second-order valence-electron chi connectivity index (χ2n) is 8.80. The number of methoxy groups -OCH3 is 1. The molecule has 2 heterocycles. The molecular weight excluding hydrogens is 380 g/mol. The van der Waals surface area contributed by atoms with Crippen molar-refractivity contribution in [3.05, 3.63) is 24.3 Å². The minimum atomic E-state index is -0.0421. The molecule has 0 spiro atoms. The van der Waals surface area contributed by atoms with Gasteiger partial charge >= 0.3 is 6.01 Å². The van der Waals surface area contributed by atoms with Gasteiger partial charge in [0.25, 0.3) is 0 Å². The van der Waals surface area contributed by atoms with Crippen molar-refractivity contribution in [2.75, 3.05) is 25.1 Å². The number of carbonyl (C=O) groups is 1. The summed E-state index contributed by atoms with van der Waals surface area (Å²) in [5.41, 5.74) is 0.873. The first-order chi connectivity index (χ1) is 14.5. The van der Waals surface area contributed by atoms with Crippen LogP contribution in [0, 0.1) is 17.8 Å². The molecule has 0 unspecified atom stereocenters. The number of rotatable bonds is 5. The Labute approximate surface area is 178 Å². The van der Waals surface area contributed by atoms with Crippen molar-refractivity contribution in [2.45, 2.75) is 52.0 Å². The summed E-state index contributed by atoms with van der Waals surface area (Å²) in [6, 6.07) is 8.34. The van der Waals surface area contributed by atoms with Gasteiger partial charge in [0.05, 0.1) is 13.0 Å². The number of amides is 1. The summed E-state index contributed by atoms with van der Waals surface area (Å²) in [5, 5.41) is 7.47. The Bertz CT molecular complexity index is 850. The highest BCUT2D eigenvalue weighted by molar-refractivity contribution is 5.79. The van der Waals surface area contributed by atoms with Crippen molar-refractivity contribution in [2.24, 2.45) is 17.8 Å². The van der Waals surface area contributed by atoms with E-state index in [0.29, 0.717) is 36.3 Å². The highest BCUT2D eigenvalue weighted by atomic mass is 16.5. The van der Waals surface area contributed by atoms with Gasteiger partial charge in [-0.1, -0.05) is 31.8 Å². The Morgan fingerprint density at radius 2 is 1.97 bits per heavy atom. The van der Waals surface area contributed by atoms with E-state index in [1.165, 1.54) is 12.8 Å². The maximum absolute atomic E-state index is 13.0. The molecule has 4 rings (SSSR count). The predicted octanol–water partition coefficient (Wildman–Crippen LogP) is 3.90. The van der Waals surface area contributed by atoms with Gasteiger partial charge in [-0.2, -0.15) is 4.98 Å². The van der Waals surface area contributed by atoms with Crippen LogP contribution in [0.2, 0.25) is 0 Å². The number of anilines is 1. The van der Waals surface area contributed by atoms with Crippen molar-refractivity contribution in [1.29, 1.82) is 0 Å². The highest BCUT2D eigenvalue weighted by Gasteiger charge is 2.33. The minimum absolute atomic E-state index is 0.0421. The molecule has 2 aliphatic rings. The first-order valence-corrected chi connectivity index (χ1v) is 11.1. The van der Waals surface area contributed by atoms with Crippen LogP contribution >= 0.6 is 0 Å². The number of hydrogen-bond donors (Lipinski definition) is 1. The number of benzene rings is 1. The lowest BCUT2D eigenvalue weighted by Gasteiger charge is -2.37. The van der Waals surface area contributed by atoms with Gasteiger partial charge < -0.3 is 19.5 Å². The fraction of sp³-hybridized carbons (Fsp3) is 0.609. The van der Waals surface area contributed by atoms with E-state index in [4.69, 9.17) is 9.26 Å². The van der Waals surface area contributed by atoms with E-state index in [9.17, 15) is 4.79 Å². The van der Waals surface area contributed by atoms with Gasteiger partial charge in [-0.15, -0.1) is 0 Å². The Hall–Kier alpha value is -2.57. The summed E-state index contributed by atoms with van der Waals surface area (Å²) < 4.78 is 10.7. The monoisotopic (exact) mass is 412 g/mol.